The highest BCUT2D eigenvalue weighted by molar-refractivity contribution is 7.11. The first-order valence-corrected chi connectivity index (χ1v) is 7.01. The van der Waals surface area contributed by atoms with Gasteiger partial charge >= 0.3 is 0 Å². The van der Waals surface area contributed by atoms with Crippen LogP contribution in [0.3, 0.4) is 0 Å². The highest BCUT2D eigenvalue weighted by Crippen LogP contribution is 2.24. The summed E-state index contributed by atoms with van der Waals surface area (Å²) in [7, 11) is 0. The number of nitrogens with two attached hydrogens (primary N) is 1. The standard InChI is InChI=1S/C15H18FNS/c1-3-11-5-6-12(18-11)9-15(17)13-7-4-10(2)8-14(13)16/h4-8,15H,3,9,17H2,1-2H3. The molecule has 0 radical (unpaired) electrons. The van der Waals surface area contributed by atoms with Crippen molar-refractivity contribution in [3.05, 3.63) is 57.0 Å². The zero-order valence-corrected chi connectivity index (χ0v) is 11.6. The lowest BCUT2D eigenvalue weighted by Gasteiger charge is -2.12. The summed E-state index contributed by atoms with van der Waals surface area (Å²) in [6, 6.07) is 9.19. The lowest BCUT2D eigenvalue weighted by atomic mass is 10.0. The van der Waals surface area contributed by atoms with E-state index in [1.165, 1.54) is 9.75 Å². The molecule has 0 spiro atoms. The van der Waals surface area contributed by atoms with Gasteiger partial charge in [0.2, 0.25) is 0 Å². The van der Waals surface area contributed by atoms with E-state index in [1.54, 1.807) is 23.5 Å². The Labute approximate surface area is 111 Å². The lowest BCUT2D eigenvalue weighted by molar-refractivity contribution is 0.580. The zero-order valence-electron chi connectivity index (χ0n) is 10.7. The number of halogens is 1. The van der Waals surface area contributed by atoms with Crippen LogP contribution in [0, 0.1) is 12.7 Å². The fourth-order valence-corrected chi connectivity index (χ4v) is 3.00. The van der Waals surface area contributed by atoms with Gasteiger partial charge in [-0.25, -0.2) is 4.39 Å². The van der Waals surface area contributed by atoms with Gasteiger partial charge in [0.15, 0.2) is 0 Å². The Bertz CT molecular complexity index is 533. The van der Waals surface area contributed by atoms with Gasteiger partial charge in [0.25, 0.3) is 0 Å². The Kier molecular flexibility index (Phi) is 4.15. The maximum Gasteiger partial charge on any atom is 0.128 e. The first-order valence-electron chi connectivity index (χ1n) is 6.19. The van der Waals surface area contributed by atoms with Crippen LogP contribution in [-0.2, 0) is 12.8 Å². The van der Waals surface area contributed by atoms with Crippen molar-refractivity contribution in [1.82, 2.24) is 0 Å². The molecule has 1 nitrogen and oxygen atoms in total. The van der Waals surface area contributed by atoms with E-state index in [2.05, 4.69) is 19.1 Å². The zero-order chi connectivity index (χ0) is 13.1. The van der Waals surface area contributed by atoms with Crippen LogP contribution in [-0.4, -0.2) is 0 Å². The Morgan fingerprint density at radius 1 is 1.22 bits per heavy atom. The fourth-order valence-electron chi connectivity index (χ4n) is 1.98. The highest BCUT2D eigenvalue weighted by Gasteiger charge is 2.13. The predicted molar refractivity (Wildman–Crippen MR) is 75.5 cm³/mol. The van der Waals surface area contributed by atoms with Crippen LogP contribution >= 0.6 is 11.3 Å². The van der Waals surface area contributed by atoms with Crippen molar-refractivity contribution >= 4 is 11.3 Å². The first-order chi connectivity index (χ1) is 8.60. The summed E-state index contributed by atoms with van der Waals surface area (Å²) >= 11 is 1.76. The summed E-state index contributed by atoms with van der Waals surface area (Å²) in [5.41, 5.74) is 7.62. The molecule has 0 fully saturated rings. The third-order valence-corrected chi connectivity index (χ3v) is 4.29. The molecule has 96 valence electrons. The van der Waals surface area contributed by atoms with E-state index in [9.17, 15) is 4.39 Å². The van der Waals surface area contributed by atoms with Crippen LogP contribution in [0.25, 0.3) is 0 Å². The number of benzene rings is 1. The van der Waals surface area contributed by atoms with Gasteiger partial charge in [-0.05, 0) is 37.1 Å². The molecular formula is C15H18FNS. The van der Waals surface area contributed by atoms with Crippen LogP contribution in [0.4, 0.5) is 4.39 Å². The van der Waals surface area contributed by atoms with E-state index in [1.807, 2.05) is 13.0 Å². The molecule has 2 rings (SSSR count). The molecule has 1 atom stereocenters. The van der Waals surface area contributed by atoms with Crippen molar-refractivity contribution in [2.45, 2.75) is 32.7 Å². The highest BCUT2D eigenvalue weighted by atomic mass is 32.1. The van der Waals surface area contributed by atoms with Crippen molar-refractivity contribution < 1.29 is 4.39 Å². The second-order valence-corrected chi connectivity index (χ2v) is 5.81. The van der Waals surface area contributed by atoms with Crippen molar-refractivity contribution in [3.63, 3.8) is 0 Å². The molecule has 0 saturated carbocycles. The van der Waals surface area contributed by atoms with Gasteiger partial charge in [-0.15, -0.1) is 11.3 Å². The average molecular weight is 263 g/mol. The average Bonchev–Trinajstić information content (AvgIpc) is 2.76. The van der Waals surface area contributed by atoms with Crippen molar-refractivity contribution in [3.8, 4) is 0 Å². The normalized spacial score (nSPS) is 12.7. The summed E-state index contributed by atoms with van der Waals surface area (Å²) in [6.07, 6.45) is 1.74. The van der Waals surface area contributed by atoms with Gasteiger partial charge < -0.3 is 5.73 Å². The Morgan fingerprint density at radius 3 is 2.56 bits per heavy atom. The molecule has 0 bridgehead atoms. The molecular weight excluding hydrogens is 245 g/mol. The molecule has 0 aliphatic carbocycles. The van der Waals surface area contributed by atoms with Gasteiger partial charge in [-0.1, -0.05) is 19.1 Å². The van der Waals surface area contributed by atoms with Crippen LogP contribution < -0.4 is 5.73 Å². The first kappa shape index (κ1) is 13.2. The second-order valence-electron chi connectivity index (χ2n) is 4.56. The lowest BCUT2D eigenvalue weighted by Crippen LogP contribution is -2.14. The molecule has 1 unspecified atom stereocenters. The summed E-state index contributed by atoms with van der Waals surface area (Å²) < 4.78 is 13.8. The smallest absolute Gasteiger partial charge is 0.128 e. The van der Waals surface area contributed by atoms with E-state index in [-0.39, 0.29) is 11.9 Å². The Morgan fingerprint density at radius 2 is 1.94 bits per heavy atom. The second kappa shape index (κ2) is 5.63. The maximum atomic E-state index is 13.8. The van der Waals surface area contributed by atoms with Gasteiger partial charge in [0.1, 0.15) is 5.82 Å². The quantitative estimate of drug-likeness (QED) is 0.886. The summed E-state index contributed by atoms with van der Waals surface area (Å²) in [6.45, 7) is 4.01. The third kappa shape index (κ3) is 2.98. The molecule has 0 aliphatic heterocycles. The summed E-state index contributed by atoms with van der Waals surface area (Å²) in [5, 5.41) is 0. The van der Waals surface area contributed by atoms with Gasteiger partial charge in [-0.2, -0.15) is 0 Å². The monoisotopic (exact) mass is 263 g/mol. The fraction of sp³-hybridized carbons (Fsp3) is 0.333. The number of thiophene rings is 1. The van der Waals surface area contributed by atoms with Crippen LogP contribution in [0.1, 0.15) is 33.8 Å². The number of hydrogen-bond acceptors (Lipinski definition) is 2. The van der Waals surface area contributed by atoms with Gasteiger partial charge in [-0.3, -0.25) is 0 Å². The van der Waals surface area contributed by atoms with Crippen LogP contribution in [0.15, 0.2) is 30.3 Å². The van der Waals surface area contributed by atoms with E-state index < -0.39 is 0 Å². The molecule has 3 heteroatoms. The molecule has 18 heavy (non-hydrogen) atoms. The largest absolute Gasteiger partial charge is 0.324 e. The third-order valence-electron chi connectivity index (χ3n) is 3.04. The van der Waals surface area contributed by atoms with E-state index in [0.29, 0.717) is 12.0 Å². The maximum absolute atomic E-state index is 13.8. The van der Waals surface area contributed by atoms with Crippen LogP contribution in [0.2, 0.25) is 0 Å². The molecule has 0 saturated heterocycles. The van der Waals surface area contributed by atoms with Crippen molar-refractivity contribution in [2.24, 2.45) is 5.73 Å². The summed E-state index contributed by atoms with van der Waals surface area (Å²) in [5.74, 6) is -0.199. The van der Waals surface area contributed by atoms with E-state index in [0.717, 1.165) is 12.0 Å². The Balaban J connectivity index is 2.13. The minimum atomic E-state index is -0.269. The molecule has 2 N–H and O–H groups in total. The van der Waals surface area contributed by atoms with Crippen molar-refractivity contribution in [2.75, 3.05) is 0 Å². The molecule has 1 aromatic heterocycles. The Hall–Kier alpha value is -1.19. The molecule has 1 aromatic carbocycles. The number of aryl methyl sites for hydroxylation is 2. The van der Waals surface area contributed by atoms with Crippen molar-refractivity contribution in [1.29, 1.82) is 0 Å². The SMILES string of the molecule is CCc1ccc(CC(N)c2ccc(C)cc2F)s1. The van der Waals surface area contributed by atoms with Gasteiger partial charge in [0.05, 0.1) is 0 Å². The number of hydrogen-bond donors (Lipinski definition) is 1. The molecule has 1 heterocycles. The summed E-state index contributed by atoms with van der Waals surface area (Å²) in [4.78, 5) is 2.57. The number of rotatable bonds is 4. The van der Waals surface area contributed by atoms with E-state index >= 15 is 0 Å². The van der Waals surface area contributed by atoms with Gasteiger partial charge in [0, 0.05) is 27.8 Å². The molecule has 0 aliphatic rings. The van der Waals surface area contributed by atoms with E-state index in [4.69, 9.17) is 5.73 Å². The van der Waals surface area contributed by atoms with Crippen LogP contribution in [0.5, 0.6) is 0 Å². The topological polar surface area (TPSA) is 26.0 Å². The molecule has 2 aromatic rings. The molecule has 0 amide bonds. The minimum absolute atomic E-state index is 0.199. The predicted octanol–water partition coefficient (Wildman–Crippen LogP) is 4.00. The minimum Gasteiger partial charge on any atom is -0.324 e.